The third kappa shape index (κ3) is 3.83. The fraction of sp³-hybridized carbons (Fsp3) is 0.733. The number of rotatable bonds is 4. The Morgan fingerprint density at radius 3 is 2.86 bits per heavy atom. The number of methoxy groups -OCH3 is 1. The lowest BCUT2D eigenvalue weighted by atomic mass is 10.0. The summed E-state index contributed by atoms with van der Waals surface area (Å²) in [4.78, 5) is 18.7. The van der Waals surface area contributed by atoms with Gasteiger partial charge in [-0.1, -0.05) is 0 Å². The Morgan fingerprint density at radius 2 is 2.29 bits per heavy atom. The van der Waals surface area contributed by atoms with E-state index in [4.69, 9.17) is 9.47 Å². The van der Waals surface area contributed by atoms with Gasteiger partial charge in [0.2, 0.25) is 0 Å². The molecule has 0 saturated carbocycles. The lowest BCUT2D eigenvalue weighted by Gasteiger charge is -2.42. The van der Waals surface area contributed by atoms with Crippen LogP contribution in [0.1, 0.15) is 44.2 Å². The van der Waals surface area contributed by atoms with Crippen molar-refractivity contribution in [1.29, 1.82) is 0 Å². The topological polar surface area (TPSA) is 56.6 Å². The largest absolute Gasteiger partial charge is 0.382 e. The van der Waals surface area contributed by atoms with Gasteiger partial charge in [-0.15, -0.1) is 0 Å². The van der Waals surface area contributed by atoms with Crippen LogP contribution in [0.2, 0.25) is 0 Å². The number of amides is 1. The van der Waals surface area contributed by atoms with Gasteiger partial charge in [-0.05, 0) is 27.7 Å². The SMILES string of the molecule is COCC1CN(C(=O)c2cn(C(C)C)cn2)CC(C)(C)O1. The zero-order valence-electron chi connectivity index (χ0n) is 13.5. The Kier molecular flexibility index (Phi) is 4.68. The van der Waals surface area contributed by atoms with E-state index in [1.165, 1.54) is 0 Å². The zero-order chi connectivity index (χ0) is 15.6. The quantitative estimate of drug-likeness (QED) is 0.849. The molecule has 0 N–H and O–H groups in total. The van der Waals surface area contributed by atoms with Crippen molar-refractivity contribution in [3.8, 4) is 0 Å². The Balaban J connectivity index is 2.12. The molecule has 1 aliphatic rings. The first-order valence-electron chi connectivity index (χ1n) is 7.32. The van der Waals surface area contributed by atoms with Crippen molar-refractivity contribution >= 4 is 5.91 Å². The molecule has 1 saturated heterocycles. The maximum atomic E-state index is 12.6. The molecule has 6 nitrogen and oxygen atoms in total. The van der Waals surface area contributed by atoms with Crippen molar-refractivity contribution < 1.29 is 14.3 Å². The highest BCUT2D eigenvalue weighted by Crippen LogP contribution is 2.22. The predicted molar refractivity (Wildman–Crippen MR) is 79.3 cm³/mol. The Labute approximate surface area is 126 Å². The molecule has 2 rings (SSSR count). The summed E-state index contributed by atoms with van der Waals surface area (Å²) in [6.07, 6.45) is 3.41. The van der Waals surface area contributed by atoms with E-state index in [-0.39, 0.29) is 17.6 Å². The summed E-state index contributed by atoms with van der Waals surface area (Å²) in [5.74, 6) is -0.0492. The predicted octanol–water partition coefficient (Wildman–Crippen LogP) is 1.73. The van der Waals surface area contributed by atoms with Gasteiger partial charge in [-0.2, -0.15) is 0 Å². The maximum absolute atomic E-state index is 12.6. The smallest absolute Gasteiger partial charge is 0.274 e. The molecule has 6 heteroatoms. The van der Waals surface area contributed by atoms with Crippen LogP contribution in [0.4, 0.5) is 0 Å². The molecular weight excluding hydrogens is 270 g/mol. The number of imidazole rings is 1. The first-order valence-corrected chi connectivity index (χ1v) is 7.32. The fourth-order valence-corrected chi connectivity index (χ4v) is 2.61. The molecule has 1 atom stereocenters. The van der Waals surface area contributed by atoms with Gasteiger partial charge in [0.15, 0.2) is 0 Å². The molecule has 21 heavy (non-hydrogen) atoms. The van der Waals surface area contributed by atoms with Crippen LogP contribution < -0.4 is 0 Å². The monoisotopic (exact) mass is 295 g/mol. The highest BCUT2D eigenvalue weighted by atomic mass is 16.5. The van der Waals surface area contributed by atoms with Crippen molar-refractivity contribution in [3.63, 3.8) is 0 Å². The second kappa shape index (κ2) is 6.15. The normalized spacial score (nSPS) is 21.8. The van der Waals surface area contributed by atoms with Gasteiger partial charge in [0.05, 0.1) is 24.6 Å². The first kappa shape index (κ1) is 16.0. The van der Waals surface area contributed by atoms with Crippen LogP contribution in [0.25, 0.3) is 0 Å². The number of nitrogens with zero attached hydrogens (tertiary/aromatic N) is 3. The van der Waals surface area contributed by atoms with Crippen LogP contribution in [-0.4, -0.2) is 58.9 Å². The highest BCUT2D eigenvalue weighted by Gasteiger charge is 2.36. The van der Waals surface area contributed by atoms with Gasteiger partial charge in [0.25, 0.3) is 5.91 Å². The molecule has 0 aromatic carbocycles. The standard InChI is InChI=1S/C15H25N3O3/c1-11(2)18-7-13(16-10-18)14(19)17-6-12(8-20-5)21-15(3,4)9-17/h7,10-12H,6,8-9H2,1-5H3. The number of hydrogen-bond donors (Lipinski definition) is 0. The fourth-order valence-electron chi connectivity index (χ4n) is 2.61. The van der Waals surface area contributed by atoms with Gasteiger partial charge >= 0.3 is 0 Å². The lowest BCUT2D eigenvalue weighted by Crippen LogP contribution is -2.55. The van der Waals surface area contributed by atoms with Crippen molar-refractivity contribution in [2.45, 2.75) is 45.4 Å². The van der Waals surface area contributed by atoms with Crippen LogP contribution in [0.15, 0.2) is 12.5 Å². The van der Waals surface area contributed by atoms with Gasteiger partial charge in [-0.25, -0.2) is 4.98 Å². The average molecular weight is 295 g/mol. The number of ether oxygens (including phenoxy) is 2. The molecule has 0 bridgehead atoms. The Morgan fingerprint density at radius 1 is 1.57 bits per heavy atom. The minimum Gasteiger partial charge on any atom is -0.382 e. The van der Waals surface area contributed by atoms with E-state index in [0.29, 0.717) is 31.4 Å². The highest BCUT2D eigenvalue weighted by molar-refractivity contribution is 5.92. The lowest BCUT2D eigenvalue weighted by molar-refractivity contribution is -0.143. The van der Waals surface area contributed by atoms with E-state index in [9.17, 15) is 4.79 Å². The van der Waals surface area contributed by atoms with E-state index in [1.807, 2.05) is 18.4 Å². The number of carbonyl (C=O) groups excluding carboxylic acids is 1. The van der Waals surface area contributed by atoms with Gasteiger partial charge in [-0.3, -0.25) is 4.79 Å². The second-order valence-electron chi connectivity index (χ2n) is 6.44. The minimum atomic E-state index is -0.377. The van der Waals surface area contributed by atoms with E-state index < -0.39 is 0 Å². The van der Waals surface area contributed by atoms with Crippen LogP contribution in [0.5, 0.6) is 0 Å². The number of carbonyl (C=O) groups is 1. The van der Waals surface area contributed by atoms with Crippen LogP contribution in [-0.2, 0) is 9.47 Å². The van der Waals surface area contributed by atoms with Gasteiger partial charge < -0.3 is 18.9 Å². The van der Waals surface area contributed by atoms with E-state index in [2.05, 4.69) is 18.8 Å². The number of aromatic nitrogens is 2. The van der Waals surface area contributed by atoms with Crippen molar-refractivity contribution in [2.24, 2.45) is 0 Å². The van der Waals surface area contributed by atoms with Crippen LogP contribution in [0.3, 0.4) is 0 Å². The van der Waals surface area contributed by atoms with Gasteiger partial charge in [0, 0.05) is 32.4 Å². The second-order valence-corrected chi connectivity index (χ2v) is 6.44. The molecule has 118 valence electrons. The summed E-state index contributed by atoms with van der Waals surface area (Å²) in [5.41, 5.74) is 0.107. The molecule has 1 aromatic rings. The van der Waals surface area contributed by atoms with Crippen molar-refractivity contribution in [3.05, 3.63) is 18.2 Å². The summed E-state index contributed by atoms with van der Waals surface area (Å²) in [7, 11) is 1.64. The Bertz CT molecular complexity index is 496. The van der Waals surface area contributed by atoms with E-state index >= 15 is 0 Å². The van der Waals surface area contributed by atoms with Crippen LogP contribution in [0, 0.1) is 0 Å². The molecule has 0 aliphatic carbocycles. The molecule has 1 aliphatic heterocycles. The summed E-state index contributed by atoms with van der Waals surface area (Å²) in [6.45, 7) is 9.66. The van der Waals surface area contributed by atoms with E-state index in [1.54, 1.807) is 24.5 Å². The average Bonchev–Trinajstić information content (AvgIpc) is 2.86. The van der Waals surface area contributed by atoms with Crippen molar-refractivity contribution in [2.75, 3.05) is 26.8 Å². The molecule has 2 heterocycles. The third-order valence-corrected chi connectivity index (χ3v) is 3.54. The maximum Gasteiger partial charge on any atom is 0.274 e. The third-order valence-electron chi connectivity index (χ3n) is 3.54. The Hall–Kier alpha value is -1.40. The molecule has 1 unspecified atom stereocenters. The number of hydrogen-bond acceptors (Lipinski definition) is 4. The van der Waals surface area contributed by atoms with Gasteiger partial charge in [0.1, 0.15) is 5.69 Å². The molecule has 0 radical (unpaired) electrons. The summed E-state index contributed by atoms with van der Waals surface area (Å²) < 4.78 is 13.0. The molecule has 0 spiro atoms. The minimum absolute atomic E-state index is 0.0492. The zero-order valence-corrected chi connectivity index (χ0v) is 13.5. The molecule has 1 fully saturated rings. The molecule has 1 amide bonds. The summed E-state index contributed by atoms with van der Waals surface area (Å²) in [6, 6.07) is 0.293. The molecule has 1 aromatic heterocycles. The molecular formula is C15H25N3O3. The summed E-state index contributed by atoms with van der Waals surface area (Å²) >= 11 is 0. The number of morpholine rings is 1. The van der Waals surface area contributed by atoms with Crippen LogP contribution >= 0.6 is 0 Å². The summed E-state index contributed by atoms with van der Waals surface area (Å²) in [5, 5.41) is 0. The first-order chi connectivity index (χ1) is 9.82. The van der Waals surface area contributed by atoms with E-state index in [0.717, 1.165) is 0 Å². The van der Waals surface area contributed by atoms with Crippen molar-refractivity contribution in [1.82, 2.24) is 14.5 Å².